The smallest absolute Gasteiger partial charge is 0.332 e. The topological polar surface area (TPSA) is 119 Å². The van der Waals surface area contributed by atoms with Gasteiger partial charge in [-0.15, -0.1) is 0 Å². The monoisotopic (exact) mass is 467 g/mol. The van der Waals surface area contributed by atoms with E-state index in [4.69, 9.17) is 18.9 Å². The Balaban J connectivity index is 1.72. The van der Waals surface area contributed by atoms with Crippen LogP contribution in [0.1, 0.15) is 29.7 Å². The van der Waals surface area contributed by atoms with Crippen LogP contribution >= 0.6 is 0 Å². The van der Waals surface area contributed by atoms with Gasteiger partial charge in [0.15, 0.2) is 11.5 Å². The molecule has 0 bridgehead atoms. The van der Waals surface area contributed by atoms with Gasteiger partial charge in [0.2, 0.25) is 12.5 Å². The Hall–Kier alpha value is -3.92. The summed E-state index contributed by atoms with van der Waals surface area (Å²) in [5.41, 5.74) is 0.388. The van der Waals surface area contributed by atoms with E-state index in [0.29, 0.717) is 53.8 Å². The van der Waals surface area contributed by atoms with Crippen molar-refractivity contribution in [3.63, 3.8) is 0 Å². The van der Waals surface area contributed by atoms with Crippen molar-refractivity contribution in [2.24, 2.45) is 0 Å². The van der Waals surface area contributed by atoms with E-state index in [9.17, 15) is 14.7 Å². The second-order valence-corrected chi connectivity index (χ2v) is 8.24. The van der Waals surface area contributed by atoms with Gasteiger partial charge >= 0.3 is 5.69 Å². The summed E-state index contributed by atoms with van der Waals surface area (Å²) >= 11 is 0. The molecule has 0 fully saturated rings. The van der Waals surface area contributed by atoms with Crippen molar-refractivity contribution in [2.75, 3.05) is 34.1 Å². The molecule has 178 valence electrons. The van der Waals surface area contributed by atoms with Gasteiger partial charge in [0.25, 0.3) is 5.56 Å². The van der Waals surface area contributed by atoms with Gasteiger partial charge in [-0.3, -0.25) is 14.3 Å². The van der Waals surface area contributed by atoms with E-state index >= 15 is 0 Å². The van der Waals surface area contributed by atoms with Crippen LogP contribution in [0.25, 0.3) is 5.69 Å². The van der Waals surface area contributed by atoms with E-state index in [1.54, 1.807) is 24.3 Å². The molecule has 3 heterocycles. The van der Waals surface area contributed by atoms with E-state index in [1.807, 2.05) is 20.0 Å². The molecule has 0 radical (unpaired) electrons. The maximum atomic E-state index is 13.7. The number of ether oxygens (including phenoxy) is 4. The van der Waals surface area contributed by atoms with Crippen molar-refractivity contribution in [3.8, 4) is 34.6 Å². The molecule has 10 heteroatoms. The van der Waals surface area contributed by atoms with Crippen molar-refractivity contribution in [3.05, 3.63) is 67.9 Å². The molecule has 10 nitrogen and oxygen atoms in total. The Bertz CT molecular complexity index is 1360. The van der Waals surface area contributed by atoms with E-state index in [1.165, 1.54) is 7.11 Å². The van der Waals surface area contributed by atoms with Crippen LogP contribution in [0, 0.1) is 0 Å². The lowest BCUT2D eigenvalue weighted by atomic mass is 9.87. The van der Waals surface area contributed by atoms with Crippen LogP contribution < -0.4 is 40.2 Å². The van der Waals surface area contributed by atoms with Crippen molar-refractivity contribution >= 4 is 0 Å². The number of aromatic amines is 1. The molecule has 0 amide bonds. The van der Waals surface area contributed by atoms with Gasteiger partial charge in [-0.2, -0.15) is 0 Å². The number of nitrogens with zero attached hydrogens (tertiary/aromatic N) is 1. The van der Waals surface area contributed by atoms with E-state index < -0.39 is 23.2 Å². The Morgan fingerprint density at radius 3 is 2.68 bits per heavy atom. The molecule has 2 atom stereocenters. The lowest BCUT2D eigenvalue weighted by Gasteiger charge is -2.35. The van der Waals surface area contributed by atoms with Gasteiger partial charge in [0.1, 0.15) is 11.8 Å². The average Bonchev–Trinajstić information content (AvgIpc) is 3.28. The number of fused-ring (bicyclic) bond motifs is 2. The molecule has 1 aromatic heterocycles. The summed E-state index contributed by atoms with van der Waals surface area (Å²) in [6, 6.07) is 7.78. The van der Waals surface area contributed by atoms with Gasteiger partial charge in [-0.1, -0.05) is 0 Å². The second kappa shape index (κ2) is 8.45. The Kier molecular flexibility index (Phi) is 5.45. The zero-order valence-electron chi connectivity index (χ0n) is 19.1. The van der Waals surface area contributed by atoms with Gasteiger partial charge in [-0.05, 0) is 48.7 Å². The van der Waals surface area contributed by atoms with Gasteiger partial charge < -0.3 is 29.0 Å². The first-order valence-electron chi connectivity index (χ1n) is 11.1. The van der Waals surface area contributed by atoms with E-state index in [2.05, 4.69) is 4.98 Å². The minimum Gasteiger partial charge on any atom is -0.859 e. The zero-order chi connectivity index (χ0) is 24.0. The number of likely N-dealkylation sites (N-methyl/N-ethyl adjacent to an activating group) is 1. The highest BCUT2D eigenvalue weighted by Crippen LogP contribution is 2.48. The number of methoxy groups -OCH3 is 1. The molecule has 2 aliphatic heterocycles. The minimum atomic E-state index is -0.797. The number of benzene rings is 2. The molecule has 2 N–H and O–H groups in total. The lowest BCUT2D eigenvalue weighted by molar-refractivity contribution is -0.908. The Labute approximate surface area is 194 Å². The third-order valence-electron chi connectivity index (χ3n) is 6.31. The number of hydrogen-bond donors (Lipinski definition) is 2. The van der Waals surface area contributed by atoms with Crippen molar-refractivity contribution in [1.29, 1.82) is 0 Å². The number of nitrogens with one attached hydrogen (secondary N) is 2. The molecule has 0 spiro atoms. The summed E-state index contributed by atoms with van der Waals surface area (Å²) < 4.78 is 23.3. The van der Waals surface area contributed by atoms with Crippen LogP contribution in [-0.2, 0) is 6.42 Å². The standard InChI is InChI=1S/C24H25N3O7/c1-4-32-15-7-5-14(6-8-15)27-23(29)18(22(28)25-24(27)30)19-17-13(9-10-26(19)2)11-16-20(21(17)31-3)34-12-33-16/h5-8,11,19,29H,4,9-10,12H2,1-3H3,(H,25,28,30). The fourth-order valence-corrected chi connectivity index (χ4v) is 4.79. The number of hydrogen-bond acceptors (Lipinski definition) is 7. The van der Waals surface area contributed by atoms with Crippen molar-refractivity contribution < 1.29 is 29.0 Å². The van der Waals surface area contributed by atoms with Crippen LogP contribution in [0.3, 0.4) is 0 Å². The first-order chi connectivity index (χ1) is 16.4. The maximum Gasteiger partial charge on any atom is 0.332 e. The van der Waals surface area contributed by atoms with Gasteiger partial charge in [0, 0.05) is 12.1 Å². The fraction of sp³-hybridized carbons (Fsp3) is 0.333. The van der Waals surface area contributed by atoms with E-state index in [0.717, 1.165) is 15.0 Å². The highest BCUT2D eigenvalue weighted by Gasteiger charge is 2.39. The molecule has 0 saturated heterocycles. The van der Waals surface area contributed by atoms with Crippen LogP contribution in [-0.4, -0.2) is 43.7 Å². The molecule has 3 aromatic rings. The summed E-state index contributed by atoms with van der Waals surface area (Å²) in [4.78, 5) is 29.0. The van der Waals surface area contributed by atoms with Crippen LogP contribution in [0.5, 0.6) is 28.9 Å². The molecule has 2 aliphatic rings. The Morgan fingerprint density at radius 2 is 1.97 bits per heavy atom. The summed E-state index contributed by atoms with van der Waals surface area (Å²) in [6.07, 6.45) is 0.704. The second-order valence-electron chi connectivity index (χ2n) is 8.24. The van der Waals surface area contributed by atoms with E-state index in [-0.39, 0.29) is 12.4 Å². The lowest BCUT2D eigenvalue weighted by Crippen LogP contribution is -3.10. The minimum absolute atomic E-state index is 0.0379. The molecular formula is C24H25N3O7. The third kappa shape index (κ3) is 3.38. The van der Waals surface area contributed by atoms with Crippen LogP contribution in [0.4, 0.5) is 0 Å². The highest BCUT2D eigenvalue weighted by atomic mass is 16.7. The first-order valence-corrected chi connectivity index (χ1v) is 11.1. The predicted molar refractivity (Wildman–Crippen MR) is 120 cm³/mol. The van der Waals surface area contributed by atoms with Crippen LogP contribution in [0.15, 0.2) is 39.9 Å². The molecule has 2 unspecified atom stereocenters. The Morgan fingerprint density at radius 1 is 1.21 bits per heavy atom. The third-order valence-corrected chi connectivity index (χ3v) is 6.31. The summed E-state index contributed by atoms with van der Waals surface area (Å²) in [7, 11) is 3.42. The van der Waals surface area contributed by atoms with Gasteiger partial charge in [0.05, 0.1) is 38.4 Å². The predicted octanol–water partition coefficient (Wildman–Crippen LogP) is -0.104. The number of rotatable bonds is 5. The molecule has 2 aromatic carbocycles. The quantitative estimate of drug-likeness (QED) is 0.538. The van der Waals surface area contributed by atoms with Crippen molar-refractivity contribution in [1.82, 2.24) is 9.55 Å². The average molecular weight is 467 g/mol. The molecule has 5 rings (SSSR count). The number of aromatic nitrogens is 2. The summed E-state index contributed by atoms with van der Waals surface area (Å²) in [5, 5.41) is 13.7. The SMILES string of the molecule is CCOc1ccc(-n2c([O-])c(C3c4c(cc5c(c4OC)OCO5)CC[NH+]3C)c(=O)[nH]c2=O)cc1. The molecule has 0 saturated carbocycles. The normalized spacial score (nSPS) is 18.4. The largest absolute Gasteiger partial charge is 0.859 e. The molecule has 0 aliphatic carbocycles. The highest BCUT2D eigenvalue weighted by molar-refractivity contribution is 5.63. The van der Waals surface area contributed by atoms with Gasteiger partial charge in [-0.25, -0.2) is 4.79 Å². The van der Waals surface area contributed by atoms with Crippen LogP contribution in [0.2, 0.25) is 0 Å². The maximum absolute atomic E-state index is 13.7. The first kappa shape index (κ1) is 21.9. The summed E-state index contributed by atoms with van der Waals surface area (Å²) in [5.74, 6) is 1.40. The van der Waals surface area contributed by atoms with Crippen molar-refractivity contribution in [2.45, 2.75) is 19.4 Å². The number of H-pyrrole nitrogens is 1. The molecular weight excluding hydrogens is 442 g/mol. The fourth-order valence-electron chi connectivity index (χ4n) is 4.79. The molecule has 34 heavy (non-hydrogen) atoms. The zero-order valence-corrected chi connectivity index (χ0v) is 19.1. The number of quaternary nitrogens is 1. The summed E-state index contributed by atoms with van der Waals surface area (Å²) in [6.45, 7) is 3.09.